The monoisotopic (exact) mass is 298 g/mol. The number of thioether (sulfide) groups is 1. The van der Waals surface area contributed by atoms with Crippen LogP contribution in [0.2, 0.25) is 0 Å². The van der Waals surface area contributed by atoms with Crippen LogP contribution in [0.3, 0.4) is 0 Å². The number of nitrogens with one attached hydrogen (secondary N) is 2. The first-order valence-corrected chi connectivity index (χ1v) is 8.56. The van der Waals surface area contributed by atoms with E-state index in [2.05, 4.69) is 66.1 Å². The Morgan fingerprint density at radius 1 is 1.00 bits per heavy atom. The molecule has 0 spiro atoms. The van der Waals surface area contributed by atoms with Gasteiger partial charge in [-0.2, -0.15) is 0 Å². The second kappa shape index (κ2) is 7.12. The predicted molar refractivity (Wildman–Crippen MR) is 90.5 cm³/mol. The summed E-state index contributed by atoms with van der Waals surface area (Å²) in [7, 11) is 0. The average molecular weight is 298 g/mol. The molecule has 110 valence electrons. The molecule has 2 aromatic rings. The number of hydrogen-bond donors (Lipinski definition) is 2. The van der Waals surface area contributed by atoms with Crippen LogP contribution in [0.15, 0.2) is 53.4 Å². The zero-order valence-electron chi connectivity index (χ0n) is 12.4. The van der Waals surface area contributed by atoms with Gasteiger partial charge < -0.3 is 0 Å². The Hall–Kier alpha value is -1.29. The molecule has 21 heavy (non-hydrogen) atoms. The fourth-order valence-electron chi connectivity index (χ4n) is 2.65. The second-order valence-electron chi connectivity index (χ2n) is 5.45. The predicted octanol–water partition coefficient (Wildman–Crippen LogP) is 3.87. The summed E-state index contributed by atoms with van der Waals surface area (Å²) in [5, 5.41) is 7.12. The van der Waals surface area contributed by atoms with Crippen molar-refractivity contribution in [2.45, 2.75) is 30.2 Å². The van der Waals surface area contributed by atoms with Gasteiger partial charge in [-0.25, -0.2) is 0 Å². The number of benzene rings is 2. The molecule has 0 aliphatic carbocycles. The molecule has 1 heterocycles. The molecule has 2 aromatic carbocycles. The fourth-order valence-corrected chi connectivity index (χ4v) is 3.81. The maximum absolute atomic E-state index is 3.56. The van der Waals surface area contributed by atoms with E-state index < -0.39 is 0 Å². The van der Waals surface area contributed by atoms with Gasteiger partial charge in [-0.3, -0.25) is 10.6 Å². The van der Waals surface area contributed by atoms with Crippen LogP contribution in [-0.2, 0) is 5.75 Å². The molecule has 3 heteroatoms. The summed E-state index contributed by atoms with van der Waals surface area (Å²) < 4.78 is 0. The van der Waals surface area contributed by atoms with E-state index in [0.717, 1.165) is 18.8 Å². The highest BCUT2D eigenvalue weighted by Crippen LogP contribution is 2.30. The molecule has 0 amide bonds. The fraction of sp³-hybridized carbons (Fsp3) is 0.333. The van der Waals surface area contributed by atoms with Crippen molar-refractivity contribution in [1.82, 2.24) is 10.6 Å². The maximum Gasteiger partial charge on any atom is 0.0846 e. The van der Waals surface area contributed by atoms with Crippen molar-refractivity contribution in [2.24, 2.45) is 0 Å². The number of aryl methyl sites for hydroxylation is 1. The normalized spacial score (nSPS) is 16.0. The highest BCUT2D eigenvalue weighted by atomic mass is 32.2. The zero-order valence-corrected chi connectivity index (χ0v) is 13.2. The van der Waals surface area contributed by atoms with Crippen molar-refractivity contribution < 1.29 is 0 Å². The lowest BCUT2D eigenvalue weighted by Gasteiger charge is -2.27. The van der Waals surface area contributed by atoms with Crippen LogP contribution >= 0.6 is 11.8 Å². The first-order chi connectivity index (χ1) is 10.3. The van der Waals surface area contributed by atoms with E-state index in [1.54, 1.807) is 0 Å². The largest absolute Gasteiger partial charge is 0.298 e. The summed E-state index contributed by atoms with van der Waals surface area (Å²) in [5.74, 6) is 1.02. The molecule has 2 nitrogen and oxygen atoms in total. The Morgan fingerprint density at radius 2 is 1.71 bits per heavy atom. The average Bonchev–Trinajstić information content (AvgIpc) is 2.55. The Labute approximate surface area is 131 Å². The van der Waals surface area contributed by atoms with Crippen molar-refractivity contribution in [2.75, 3.05) is 13.1 Å². The first kappa shape index (κ1) is 14.6. The zero-order chi connectivity index (χ0) is 14.5. The smallest absolute Gasteiger partial charge is 0.0846 e. The van der Waals surface area contributed by atoms with Crippen LogP contribution in [-0.4, -0.2) is 13.1 Å². The Kier molecular flexibility index (Phi) is 4.96. The molecule has 0 aromatic heterocycles. The highest BCUT2D eigenvalue weighted by molar-refractivity contribution is 7.98. The maximum atomic E-state index is 3.56. The first-order valence-electron chi connectivity index (χ1n) is 7.57. The van der Waals surface area contributed by atoms with Gasteiger partial charge in [0.1, 0.15) is 0 Å². The molecule has 0 unspecified atom stereocenters. The quantitative estimate of drug-likeness (QED) is 0.838. The summed E-state index contributed by atoms with van der Waals surface area (Å²) in [5.41, 5.74) is 4.16. The van der Waals surface area contributed by atoms with E-state index >= 15 is 0 Å². The molecule has 0 radical (unpaired) electrons. The van der Waals surface area contributed by atoms with E-state index in [-0.39, 0.29) is 0 Å². The molecule has 2 N–H and O–H groups in total. The van der Waals surface area contributed by atoms with E-state index in [1.165, 1.54) is 28.0 Å². The summed E-state index contributed by atoms with van der Waals surface area (Å²) in [6.45, 7) is 4.37. The minimum atomic E-state index is 0.291. The summed E-state index contributed by atoms with van der Waals surface area (Å²) in [4.78, 5) is 1.37. The van der Waals surface area contributed by atoms with E-state index in [1.807, 2.05) is 11.8 Å². The van der Waals surface area contributed by atoms with Crippen LogP contribution < -0.4 is 10.6 Å². The van der Waals surface area contributed by atoms with Gasteiger partial charge in [-0.1, -0.05) is 42.5 Å². The molecule has 0 saturated carbocycles. The van der Waals surface area contributed by atoms with Gasteiger partial charge in [0.25, 0.3) is 0 Å². The van der Waals surface area contributed by atoms with E-state index in [0.29, 0.717) is 6.17 Å². The van der Waals surface area contributed by atoms with Crippen molar-refractivity contribution in [3.8, 4) is 0 Å². The van der Waals surface area contributed by atoms with Gasteiger partial charge in [-0.15, -0.1) is 11.8 Å². The molecule has 0 atom stereocenters. The Bertz CT molecular complexity index is 591. The lowest BCUT2D eigenvalue weighted by atomic mass is 10.1. The Balaban J connectivity index is 1.74. The van der Waals surface area contributed by atoms with Gasteiger partial charge in [0.15, 0.2) is 0 Å². The van der Waals surface area contributed by atoms with Crippen LogP contribution in [0.1, 0.15) is 29.3 Å². The van der Waals surface area contributed by atoms with Crippen LogP contribution in [0.25, 0.3) is 0 Å². The van der Waals surface area contributed by atoms with Gasteiger partial charge >= 0.3 is 0 Å². The molecule has 1 fully saturated rings. The van der Waals surface area contributed by atoms with E-state index in [9.17, 15) is 0 Å². The van der Waals surface area contributed by atoms with Crippen molar-refractivity contribution in [3.63, 3.8) is 0 Å². The van der Waals surface area contributed by atoms with E-state index in [4.69, 9.17) is 0 Å². The van der Waals surface area contributed by atoms with Gasteiger partial charge in [0.2, 0.25) is 0 Å². The van der Waals surface area contributed by atoms with Crippen LogP contribution in [0.5, 0.6) is 0 Å². The third kappa shape index (κ3) is 3.67. The second-order valence-corrected chi connectivity index (χ2v) is 6.46. The standard InChI is InChI=1S/C18H22N2S/c1-14-7-2-3-8-15(14)13-21-17-10-5-4-9-16(17)18-19-11-6-12-20-18/h2-5,7-10,18-20H,6,11-13H2,1H3. The van der Waals surface area contributed by atoms with Crippen molar-refractivity contribution in [1.29, 1.82) is 0 Å². The van der Waals surface area contributed by atoms with Crippen LogP contribution in [0.4, 0.5) is 0 Å². The van der Waals surface area contributed by atoms with Crippen molar-refractivity contribution in [3.05, 3.63) is 65.2 Å². The molecular formula is C18H22N2S. The third-order valence-electron chi connectivity index (χ3n) is 3.92. The SMILES string of the molecule is Cc1ccccc1CSc1ccccc1C1NCCCN1. The van der Waals surface area contributed by atoms with Crippen LogP contribution in [0, 0.1) is 6.92 Å². The molecule has 1 aliphatic rings. The third-order valence-corrected chi connectivity index (χ3v) is 5.06. The molecule has 1 saturated heterocycles. The minimum absolute atomic E-state index is 0.291. The lowest BCUT2D eigenvalue weighted by Crippen LogP contribution is -2.41. The molecule has 3 rings (SSSR count). The minimum Gasteiger partial charge on any atom is -0.298 e. The number of rotatable bonds is 4. The van der Waals surface area contributed by atoms with Gasteiger partial charge in [-0.05, 0) is 49.2 Å². The topological polar surface area (TPSA) is 24.1 Å². The summed E-state index contributed by atoms with van der Waals surface area (Å²) in [6.07, 6.45) is 1.49. The van der Waals surface area contributed by atoms with Gasteiger partial charge in [0, 0.05) is 10.6 Å². The summed E-state index contributed by atoms with van der Waals surface area (Å²) >= 11 is 1.93. The van der Waals surface area contributed by atoms with Crippen molar-refractivity contribution >= 4 is 11.8 Å². The molecule has 1 aliphatic heterocycles. The number of hydrogen-bond acceptors (Lipinski definition) is 3. The highest BCUT2D eigenvalue weighted by Gasteiger charge is 2.16. The summed E-state index contributed by atoms with van der Waals surface area (Å²) in [6, 6.07) is 17.4. The molecule has 0 bridgehead atoms. The lowest BCUT2D eigenvalue weighted by molar-refractivity contribution is 0.376. The van der Waals surface area contributed by atoms with Gasteiger partial charge in [0.05, 0.1) is 6.17 Å². The molecular weight excluding hydrogens is 276 g/mol. The Morgan fingerprint density at radius 3 is 2.52 bits per heavy atom.